The molecule has 5 aliphatic rings. The molecule has 49 heavy (non-hydrogen) atoms. The van der Waals surface area contributed by atoms with Crippen LogP contribution in [0.15, 0.2) is 36.4 Å². The maximum Gasteiger partial charge on any atom is 0.320 e. The van der Waals surface area contributed by atoms with Gasteiger partial charge in [-0.15, -0.1) is 0 Å². The summed E-state index contributed by atoms with van der Waals surface area (Å²) in [6, 6.07) is 12.1. The second-order valence-corrected chi connectivity index (χ2v) is 17.6. The number of ether oxygens (including phenoxy) is 2. The van der Waals surface area contributed by atoms with Crippen molar-refractivity contribution in [2.75, 3.05) is 41.3 Å². The molecule has 1 aromatic heterocycles. The average Bonchev–Trinajstić information content (AvgIpc) is 4.01. The van der Waals surface area contributed by atoms with E-state index in [1.165, 1.54) is 34.8 Å². The molecule has 3 heterocycles. The van der Waals surface area contributed by atoms with Crippen LogP contribution < -0.4 is 9.46 Å². The zero-order chi connectivity index (χ0) is 34.3. The third-order valence-electron chi connectivity index (χ3n) is 11.8. The lowest BCUT2D eigenvalue weighted by atomic mass is 9.81. The van der Waals surface area contributed by atoms with Gasteiger partial charge < -0.3 is 23.8 Å². The second kappa shape index (κ2) is 11.8. The number of rotatable bonds is 6. The summed E-state index contributed by atoms with van der Waals surface area (Å²) in [7, 11) is 3.95. The van der Waals surface area contributed by atoms with Gasteiger partial charge in [-0.2, -0.15) is 0 Å². The molecular weight excluding hydrogens is 639 g/mol. The number of urea groups is 1. The number of carbonyl (C=O) groups is 2. The van der Waals surface area contributed by atoms with Gasteiger partial charge in [0.05, 0.1) is 43.1 Å². The summed E-state index contributed by atoms with van der Waals surface area (Å²) < 4.78 is 31.7. The molecule has 1 N–H and O–H groups in total. The first-order valence-electron chi connectivity index (χ1n) is 17.8. The lowest BCUT2D eigenvalue weighted by Crippen LogP contribution is -2.57. The molecule has 3 aromatic rings. The highest BCUT2D eigenvalue weighted by molar-refractivity contribution is 7.96. The molecule has 2 spiro atoms. The third-order valence-corrected chi connectivity index (χ3v) is 13.4. The fourth-order valence-electron chi connectivity index (χ4n) is 8.57. The molecule has 11 heteroatoms. The highest BCUT2D eigenvalue weighted by Gasteiger charge is 2.61. The number of benzene rings is 2. The predicted octanol–water partition coefficient (Wildman–Crippen LogP) is 5.58. The van der Waals surface area contributed by atoms with Crippen molar-refractivity contribution >= 4 is 38.6 Å². The Labute approximate surface area is 290 Å². The number of hydrogen-bond acceptors (Lipinski definition) is 5. The molecule has 10 nitrogen and oxygen atoms in total. The van der Waals surface area contributed by atoms with E-state index in [2.05, 4.69) is 33.4 Å². The van der Waals surface area contributed by atoms with Gasteiger partial charge in [0.1, 0.15) is 15.6 Å². The van der Waals surface area contributed by atoms with Crippen LogP contribution in [0.25, 0.3) is 22.2 Å². The van der Waals surface area contributed by atoms with E-state index in [4.69, 9.17) is 9.47 Å². The van der Waals surface area contributed by atoms with Gasteiger partial charge in [0.2, 0.25) is 0 Å². The smallest absolute Gasteiger partial charge is 0.320 e. The van der Waals surface area contributed by atoms with E-state index >= 15 is 0 Å². The average molecular weight is 688 g/mol. The van der Waals surface area contributed by atoms with Crippen molar-refractivity contribution in [3.63, 3.8) is 0 Å². The minimum Gasteiger partial charge on any atom is -0.497 e. The van der Waals surface area contributed by atoms with Crippen molar-refractivity contribution in [2.45, 2.75) is 93.9 Å². The van der Waals surface area contributed by atoms with Crippen LogP contribution in [-0.2, 0) is 27.6 Å². The topological polar surface area (TPSA) is 96.3 Å². The molecular formula is C38H49N5O5S. The van der Waals surface area contributed by atoms with Crippen LogP contribution in [-0.4, -0.2) is 99.3 Å². The van der Waals surface area contributed by atoms with Gasteiger partial charge in [-0.05, 0) is 98.2 Å². The number of likely N-dealkylation sites (N-methyl/N-ethyl adjacent to an activating group) is 1. The van der Waals surface area contributed by atoms with Gasteiger partial charge in [-0.3, -0.25) is 9.52 Å². The molecule has 3 saturated carbocycles. The molecule has 2 aromatic carbocycles. The lowest BCUT2D eigenvalue weighted by Gasteiger charge is -2.42. The Hall–Kier alpha value is -3.54. The Kier molecular flexibility index (Phi) is 7.84. The van der Waals surface area contributed by atoms with Crippen molar-refractivity contribution in [3.8, 4) is 17.0 Å². The van der Waals surface area contributed by atoms with E-state index < -0.39 is 15.8 Å². The summed E-state index contributed by atoms with van der Waals surface area (Å²) >= 11 is 0. The van der Waals surface area contributed by atoms with E-state index in [0.29, 0.717) is 37.5 Å². The van der Waals surface area contributed by atoms with Crippen LogP contribution in [0.3, 0.4) is 0 Å². The number of methoxy groups -OCH3 is 1. The molecule has 2 unspecified atom stereocenters. The van der Waals surface area contributed by atoms with Gasteiger partial charge in [0, 0.05) is 49.7 Å². The number of hydrogen-bond donors (Lipinski definition) is 1. The number of morpholine rings is 1. The van der Waals surface area contributed by atoms with E-state index in [-0.39, 0.29) is 23.3 Å². The molecule has 4 fully saturated rings. The molecule has 3 aliphatic carbocycles. The van der Waals surface area contributed by atoms with Gasteiger partial charge >= 0.3 is 6.03 Å². The summed E-state index contributed by atoms with van der Waals surface area (Å²) in [6.07, 6.45) is 10.6. The van der Waals surface area contributed by atoms with Gasteiger partial charge in [0.25, 0.3) is 5.91 Å². The molecule has 3 amide bonds. The Morgan fingerprint density at radius 1 is 1.00 bits per heavy atom. The fourth-order valence-corrected chi connectivity index (χ4v) is 9.16. The summed E-state index contributed by atoms with van der Waals surface area (Å²) in [5.41, 5.74) is 5.88. The highest BCUT2D eigenvalue weighted by Crippen LogP contribution is 2.55. The lowest BCUT2D eigenvalue weighted by molar-refractivity contribution is -0.108. The van der Waals surface area contributed by atoms with Crippen LogP contribution in [0.5, 0.6) is 5.75 Å². The normalized spacial score (nSPS) is 23.4. The van der Waals surface area contributed by atoms with Crippen molar-refractivity contribution in [3.05, 3.63) is 53.1 Å². The summed E-state index contributed by atoms with van der Waals surface area (Å²) in [4.78, 5) is 31.9. The summed E-state index contributed by atoms with van der Waals surface area (Å²) in [6.45, 7) is 1.88. The first-order valence-corrected chi connectivity index (χ1v) is 19.5. The van der Waals surface area contributed by atoms with Crippen LogP contribution in [0.2, 0.25) is 0 Å². The largest absolute Gasteiger partial charge is 0.497 e. The third kappa shape index (κ3) is 5.81. The van der Waals surface area contributed by atoms with Crippen molar-refractivity contribution in [2.24, 2.45) is 0 Å². The molecule has 0 bridgehead atoms. The molecule has 1 saturated heterocycles. The van der Waals surface area contributed by atoms with E-state index in [1.54, 1.807) is 21.2 Å². The Bertz CT molecular complexity index is 1920. The van der Waals surface area contributed by atoms with Gasteiger partial charge in [-0.1, -0.05) is 25.3 Å². The molecule has 8 rings (SSSR count). The Balaban J connectivity index is 1.24. The van der Waals surface area contributed by atoms with Crippen LogP contribution in [0, 0.1) is 0 Å². The molecule has 262 valence electrons. The number of fused-ring (bicyclic) bond motifs is 5. The predicted molar refractivity (Wildman–Crippen MR) is 193 cm³/mol. The zero-order valence-electron chi connectivity index (χ0n) is 29.3. The number of aromatic nitrogens is 1. The van der Waals surface area contributed by atoms with Crippen molar-refractivity contribution in [1.82, 2.24) is 23.4 Å². The molecule has 2 atom stereocenters. The zero-order valence-corrected chi connectivity index (χ0v) is 30.1. The van der Waals surface area contributed by atoms with Crippen molar-refractivity contribution in [1.29, 1.82) is 0 Å². The number of nitrogens with one attached hydrogen (secondary N) is 1. The van der Waals surface area contributed by atoms with Crippen molar-refractivity contribution < 1.29 is 23.3 Å². The quantitative estimate of drug-likeness (QED) is 0.342. The van der Waals surface area contributed by atoms with Gasteiger partial charge in [-0.25, -0.2) is 13.3 Å². The molecule has 0 radical (unpaired) electrons. The summed E-state index contributed by atoms with van der Waals surface area (Å²) in [5.74, 6) is 4.51. The van der Waals surface area contributed by atoms with E-state index in [1.807, 2.05) is 35.0 Å². The molecule has 2 aliphatic heterocycles. The Morgan fingerprint density at radius 2 is 1.69 bits per heavy atom. The Morgan fingerprint density at radius 3 is 2.33 bits per heavy atom. The fraction of sp³-hybridized carbons (Fsp3) is 0.553. The van der Waals surface area contributed by atoms with Gasteiger partial charge in [0.15, 0.2) is 0 Å². The monoisotopic (exact) mass is 687 g/mol. The summed E-state index contributed by atoms with van der Waals surface area (Å²) in [5, 5.41) is 1.14. The first kappa shape index (κ1) is 32.7. The number of carbonyl (C=O) groups excluding carboxylic acids is 2. The second-order valence-electron chi connectivity index (χ2n) is 15.4. The maximum absolute atomic E-state index is 14.4. The minimum absolute atomic E-state index is 0.0525. The van der Waals surface area contributed by atoms with E-state index in [0.717, 1.165) is 66.3 Å². The van der Waals surface area contributed by atoms with Crippen LogP contribution in [0.4, 0.5) is 4.79 Å². The minimum atomic E-state index is -2.97. The van der Waals surface area contributed by atoms with Crippen LogP contribution >= 0.6 is 0 Å². The SMILES string of the molecule is C=S(=O)(NC(=O)c1ccc2c(C3CCCCC3)c3n(c2c1)CC(N(C)C(=O)N1CC2(CC2)OC2(CC2)C1)Cc1cc(OC)ccc1-3)N(C)C. The standard InChI is InChI=1S/C38H49N5O5S/c1-40(2)49(5,46)39-35(44)26-11-13-31-32(21-26)43-22-28(41(3)36(45)42-23-37(15-16-37)48-38(24-42)17-18-38)19-27-20-29(47-4)12-14-30(27)34(43)33(31)25-9-7-6-8-10-25/h11-14,20-21,25,28H,5-10,15-19,22-24H2,1-4H3,(H,39,44,46). The first-order chi connectivity index (χ1) is 23.4. The maximum atomic E-state index is 14.4. The van der Waals surface area contributed by atoms with E-state index in [9.17, 15) is 13.8 Å². The number of amides is 3. The highest BCUT2D eigenvalue weighted by atomic mass is 32.2. The van der Waals surface area contributed by atoms with Crippen LogP contribution in [0.1, 0.15) is 85.2 Å². The number of nitrogens with zero attached hydrogens (tertiary/aromatic N) is 4.